The van der Waals surface area contributed by atoms with Crippen LogP contribution in [0.4, 0.5) is 0 Å². The summed E-state index contributed by atoms with van der Waals surface area (Å²) in [4.78, 5) is 14.1. The minimum absolute atomic E-state index is 0.0220. The topological polar surface area (TPSA) is 80.5 Å². The molecule has 0 unspecified atom stereocenters. The first-order chi connectivity index (χ1) is 9.54. The number of primary sulfonamides is 1. The predicted octanol–water partition coefficient (Wildman–Crippen LogP) is 2.07. The van der Waals surface area contributed by atoms with Crippen LogP contribution in [0, 0.1) is 19.8 Å². The second kappa shape index (κ2) is 6.58. The normalized spacial score (nSPS) is 11.8. The molecule has 6 heteroatoms. The highest BCUT2D eigenvalue weighted by molar-refractivity contribution is 7.89. The zero-order valence-corrected chi connectivity index (χ0v) is 14.1. The molecule has 0 bridgehead atoms. The summed E-state index contributed by atoms with van der Waals surface area (Å²) in [6.45, 7) is 8.40. The number of sulfonamides is 1. The highest BCUT2D eigenvalue weighted by atomic mass is 32.2. The van der Waals surface area contributed by atoms with Crippen molar-refractivity contribution in [3.05, 3.63) is 28.8 Å². The van der Waals surface area contributed by atoms with Crippen molar-refractivity contribution in [3.63, 3.8) is 0 Å². The van der Waals surface area contributed by atoms with Crippen molar-refractivity contribution in [2.24, 2.45) is 11.1 Å². The maximum atomic E-state index is 12.5. The van der Waals surface area contributed by atoms with Crippen molar-refractivity contribution in [1.82, 2.24) is 4.90 Å². The van der Waals surface area contributed by atoms with E-state index >= 15 is 0 Å². The summed E-state index contributed by atoms with van der Waals surface area (Å²) in [5.41, 5.74) is 1.91. The molecule has 1 rings (SSSR count). The van der Waals surface area contributed by atoms with Gasteiger partial charge in [-0.2, -0.15) is 0 Å². The summed E-state index contributed by atoms with van der Waals surface area (Å²) < 4.78 is 23.0. The first kappa shape index (κ1) is 17.7. The van der Waals surface area contributed by atoms with E-state index in [1.54, 1.807) is 18.9 Å². The molecule has 118 valence electrons. The molecule has 0 atom stereocenters. The van der Waals surface area contributed by atoms with Gasteiger partial charge in [0.05, 0.1) is 4.90 Å². The van der Waals surface area contributed by atoms with Crippen LogP contribution in [-0.4, -0.2) is 32.8 Å². The van der Waals surface area contributed by atoms with E-state index in [-0.39, 0.29) is 10.8 Å². The monoisotopic (exact) mass is 312 g/mol. The van der Waals surface area contributed by atoms with Crippen LogP contribution >= 0.6 is 0 Å². The first-order valence-corrected chi connectivity index (χ1v) is 8.48. The van der Waals surface area contributed by atoms with E-state index in [1.807, 2.05) is 6.92 Å². The number of nitrogens with two attached hydrogens (primary N) is 1. The summed E-state index contributed by atoms with van der Waals surface area (Å²) in [5, 5.41) is 5.17. The quantitative estimate of drug-likeness (QED) is 0.903. The van der Waals surface area contributed by atoms with Gasteiger partial charge < -0.3 is 4.90 Å². The summed E-state index contributed by atoms with van der Waals surface area (Å²) in [6.07, 6.45) is 0.898. The van der Waals surface area contributed by atoms with E-state index in [0.717, 1.165) is 17.5 Å². The molecule has 0 radical (unpaired) electrons. The molecule has 0 aromatic heterocycles. The lowest BCUT2D eigenvalue weighted by Crippen LogP contribution is -2.29. The molecule has 0 fully saturated rings. The molecular weight excluding hydrogens is 288 g/mol. The molecular formula is C15H24N2O3S. The minimum Gasteiger partial charge on any atom is -0.342 e. The van der Waals surface area contributed by atoms with Gasteiger partial charge in [-0.05, 0) is 49.4 Å². The number of carbonyl (C=O) groups is 1. The van der Waals surface area contributed by atoms with Crippen LogP contribution < -0.4 is 5.14 Å². The fraction of sp³-hybridized carbons (Fsp3) is 0.533. The average Bonchev–Trinajstić information content (AvgIpc) is 2.36. The summed E-state index contributed by atoms with van der Waals surface area (Å²) in [7, 11) is -2.09. The van der Waals surface area contributed by atoms with E-state index in [1.165, 1.54) is 12.1 Å². The molecule has 1 aromatic carbocycles. The maximum absolute atomic E-state index is 12.5. The average molecular weight is 312 g/mol. The van der Waals surface area contributed by atoms with Gasteiger partial charge in [0.15, 0.2) is 0 Å². The van der Waals surface area contributed by atoms with Crippen molar-refractivity contribution in [3.8, 4) is 0 Å². The first-order valence-electron chi connectivity index (χ1n) is 6.93. The third-order valence-electron chi connectivity index (χ3n) is 3.59. The van der Waals surface area contributed by atoms with Gasteiger partial charge in [-0.3, -0.25) is 4.79 Å². The molecule has 21 heavy (non-hydrogen) atoms. The van der Waals surface area contributed by atoms with Crippen LogP contribution in [0.1, 0.15) is 41.8 Å². The van der Waals surface area contributed by atoms with Gasteiger partial charge in [0.2, 0.25) is 10.0 Å². The number of nitrogens with zero attached hydrogens (tertiary/aromatic N) is 1. The minimum atomic E-state index is -3.82. The third-order valence-corrected chi connectivity index (χ3v) is 4.48. The second-order valence-corrected chi connectivity index (χ2v) is 7.43. The van der Waals surface area contributed by atoms with Crippen LogP contribution in [0.3, 0.4) is 0 Å². The maximum Gasteiger partial charge on any atom is 0.253 e. The predicted molar refractivity (Wildman–Crippen MR) is 83.7 cm³/mol. The zero-order chi connectivity index (χ0) is 16.4. The van der Waals surface area contributed by atoms with E-state index in [0.29, 0.717) is 18.0 Å². The largest absolute Gasteiger partial charge is 0.342 e. The molecule has 0 aliphatic carbocycles. The Morgan fingerprint density at radius 2 is 1.86 bits per heavy atom. The Labute approximate surface area is 127 Å². The molecule has 1 amide bonds. The van der Waals surface area contributed by atoms with E-state index in [9.17, 15) is 13.2 Å². The Bertz CT molecular complexity index is 637. The lowest BCUT2D eigenvalue weighted by molar-refractivity contribution is 0.0788. The number of rotatable bonds is 5. The number of amides is 1. The molecule has 0 saturated carbocycles. The summed E-state index contributed by atoms with van der Waals surface area (Å²) in [5.74, 6) is 0.320. The van der Waals surface area contributed by atoms with Gasteiger partial charge in [-0.1, -0.05) is 13.8 Å². The van der Waals surface area contributed by atoms with Crippen molar-refractivity contribution >= 4 is 15.9 Å². The number of aryl methyl sites for hydroxylation is 1. The fourth-order valence-corrected chi connectivity index (χ4v) is 2.59. The van der Waals surface area contributed by atoms with E-state index in [2.05, 4.69) is 13.8 Å². The smallest absolute Gasteiger partial charge is 0.253 e. The van der Waals surface area contributed by atoms with Crippen molar-refractivity contribution in [1.29, 1.82) is 0 Å². The van der Waals surface area contributed by atoms with E-state index < -0.39 is 10.0 Å². The van der Waals surface area contributed by atoms with Crippen molar-refractivity contribution in [2.45, 2.75) is 39.0 Å². The van der Waals surface area contributed by atoms with Crippen LogP contribution in [0.2, 0.25) is 0 Å². The lowest BCUT2D eigenvalue weighted by Gasteiger charge is -2.20. The highest BCUT2D eigenvalue weighted by Crippen LogP contribution is 2.20. The van der Waals surface area contributed by atoms with Crippen molar-refractivity contribution in [2.75, 3.05) is 13.6 Å². The van der Waals surface area contributed by atoms with Crippen LogP contribution in [-0.2, 0) is 10.0 Å². The highest BCUT2D eigenvalue weighted by Gasteiger charge is 2.19. The van der Waals surface area contributed by atoms with Gasteiger partial charge in [-0.25, -0.2) is 13.6 Å². The Morgan fingerprint density at radius 3 is 2.33 bits per heavy atom. The molecule has 0 heterocycles. The number of hydrogen-bond acceptors (Lipinski definition) is 3. The molecule has 0 aliphatic rings. The summed E-state index contributed by atoms with van der Waals surface area (Å²) >= 11 is 0. The van der Waals surface area contributed by atoms with Gasteiger partial charge in [0.1, 0.15) is 0 Å². The van der Waals surface area contributed by atoms with Gasteiger partial charge >= 0.3 is 0 Å². The van der Waals surface area contributed by atoms with Crippen LogP contribution in [0.5, 0.6) is 0 Å². The van der Waals surface area contributed by atoms with Crippen LogP contribution in [0.15, 0.2) is 17.0 Å². The van der Waals surface area contributed by atoms with E-state index in [4.69, 9.17) is 5.14 Å². The van der Waals surface area contributed by atoms with Crippen molar-refractivity contribution < 1.29 is 13.2 Å². The Hall–Kier alpha value is -1.40. The Balaban J connectivity index is 3.17. The molecule has 1 aromatic rings. The number of carbonyl (C=O) groups excluding carboxylic acids is 1. The van der Waals surface area contributed by atoms with Gasteiger partial charge in [0.25, 0.3) is 5.91 Å². The fourth-order valence-electron chi connectivity index (χ4n) is 1.97. The lowest BCUT2D eigenvalue weighted by atomic mass is 10.0. The second-order valence-electron chi connectivity index (χ2n) is 5.87. The standard InChI is InChI=1S/C15H24N2O3S/c1-10(2)6-7-17(5)15(18)14-9-13(21(16,19)20)8-11(3)12(14)4/h8-10H,6-7H2,1-5H3,(H2,16,19,20). The molecule has 2 N–H and O–H groups in total. The Morgan fingerprint density at radius 1 is 1.29 bits per heavy atom. The number of hydrogen-bond donors (Lipinski definition) is 1. The van der Waals surface area contributed by atoms with Crippen LogP contribution in [0.25, 0.3) is 0 Å². The zero-order valence-electron chi connectivity index (χ0n) is 13.3. The Kier molecular flexibility index (Phi) is 5.53. The molecule has 0 spiro atoms. The molecule has 5 nitrogen and oxygen atoms in total. The molecule has 0 aliphatic heterocycles. The molecule has 0 saturated heterocycles. The van der Waals surface area contributed by atoms with Gasteiger partial charge in [0, 0.05) is 19.2 Å². The van der Waals surface area contributed by atoms with Gasteiger partial charge in [-0.15, -0.1) is 0 Å². The summed E-state index contributed by atoms with van der Waals surface area (Å²) in [6, 6.07) is 2.86. The number of benzene rings is 1. The third kappa shape index (κ3) is 4.54. The SMILES string of the molecule is Cc1cc(S(N)(=O)=O)cc(C(=O)N(C)CCC(C)C)c1C.